The van der Waals surface area contributed by atoms with Gasteiger partial charge in [0.15, 0.2) is 0 Å². The number of nitrogens with one attached hydrogen (secondary N) is 3. The van der Waals surface area contributed by atoms with Gasteiger partial charge in [-0.05, 0) is 6.42 Å². The summed E-state index contributed by atoms with van der Waals surface area (Å²) in [7, 11) is 1.45. The second-order valence-electron chi connectivity index (χ2n) is 3.65. The van der Waals surface area contributed by atoms with Crippen LogP contribution in [0.3, 0.4) is 0 Å². The quantitative estimate of drug-likeness (QED) is 0.374. The molecule has 0 radical (unpaired) electrons. The molecule has 108 valence electrons. The van der Waals surface area contributed by atoms with Crippen molar-refractivity contribution in [1.82, 2.24) is 16.0 Å². The zero-order valence-electron chi connectivity index (χ0n) is 10.4. The van der Waals surface area contributed by atoms with E-state index in [0.717, 1.165) is 0 Å². The molecule has 9 heteroatoms. The summed E-state index contributed by atoms with van der Waals surface area (Å²) in [6.07, 6.45) is -0.514. The number of amides is 3. The van der Waals surface area contributed by atoms with Crippen molar-refractivity contribution in [2.45, 2.75) is 25.3 Å². The van der Waals surface area contributed by atoms with E-state index in [1.807, 2.05) is 0 Å². The van der Waals surface area contributed by atoms with Gasteiger partial charge in [0.2, 0.25) is 5.91 Å². The molecule has 0 aliphatic heterocycles. The highest BCUT2D eigenvalue weighted by atomic mass is 16.4. The molecule has 0 fully saturated rings. The highest BCUT2D eigenvalue weighted by molar-refractivity contribution is 5.83. The maximum Gasteiger partial charge on any atom is 0.326 e. The van der Waals surface area contributed by atoms with Crippen molar-refractivity contribution in [3.63, 3.8) is 0 Å². The van der Waals surface area contributed by atoms with E-state index in [2.05, 4.69) is 16.0 Å². The van der Waals surface area contributed by atoms with Crippen LogP contribution in [0.5, 0.6) is 0 Å². The molecule has 0 bridgehead atoms. The maximum atomic E-state index is 11.3. The predicted octanol–water partition coefficient (Wildman–Crippen LogP) is -1.26. The Labute approximate surface area is 109 Å². The molecular weight excluding hydrogens is 258 g/mol. The predicted molar refractivity (Wildman–Crippen MR) is 63.5 cm³/mol. The first-order chi connectivity index (χ1) is 8.86. The summed E-state index contributed by atoms with van der Waals surface area (Å²) in [4.78, 5) is 43.3. The first kappa shape index (κ1) is 16.7. The molecule has 19 heavy (non-hydrogen) atoms. The molecule has 0 aliphatic carbocycles. The Hall–Kier alpha value is -2.32. The lowest BCUT2D eigenvalue weighted by atomic mass is 10.1. The van der Waals surface area contributed by atoms with Crippen LogP contribution in [0.25, 0.3) is 0 Å². The minimum Gasteiger partial charge on any atom is -0.481 e. The highest BCUT2D eigenvalue weighted by Crippen LogP contribution is 1.97. The van der Waals surface area contributed by atoms with Gasteiger partial charge in [-0.2, -0.15) is 0 Å². The van der Waals surface area contributed by atoms with E-state index in [1.54, 1.807) is 0 Å². The number of carbonyl (C=O) groups excluding carboxylic acids is 2. The molecule has 0 aromatic carbocycles. The summed E-state index contributed by atoms with van der Waals surface area (Å²) in [5.74, 6) is -2.73. The fraction of sp³-hybridized carbons (Fsp3) is 0.600. The summed E-state index contributed by atoms with van der Waals surface area (Å²) in [5.41, 5.74) is 0. The third kappa shape index (κ3) is 8.41. The van der Waals surface area contributed by atoms with E-state index >= 15 is 0 Å². The SMILES string of the molecule is CNC(=O)CCNC(=O)NC(CCC(=O)O)C(=O)O. The zero-order valence-corrected chi connectivity index (χ0v) is 10.4. The van der Waals surface area contributed by atoms with E-state index in [-0.39, 0.29) is 31.7 Å². The van der Waals surface area contributed by atoms with E-state index < -0.39 is 24.0 Å². The monoisotopic (exact) mass is 275 g/mol. The van der Waals surface area contributed by atoms with Crippen LogP contribution in [-0.2, 0) is 14.4 Å². The van der Waals surface area contributed by atoms with Crippen LogP contribution in [0.1, 0.15) is 19.3 Å². The van der Waals surface area contributed by atoms with Crippen LogP contribution in [0.2, 0.25) is 0 Å². The lowest BCUT2D eigenvalue weighted by Gasteiger charge is -2.14. The number of hydrogen-bond donors (Lipinski definition) is 5. The van der Waals surface area contributed by atoms with Crippen molar-refractivity contribution in [2.75, 3.05) is 13.6 Å². The molecule has 0 aromatic heterocycles. The van der Waals surface area contributed by atoms with E-state index in [0.29, 0.717) is 0 Å². The highest BCUT2D eigenvalue weighted by Gasteiger charge is 2.20. The summed E-state index contributed by atoms with van der Waals surface area (Å²) in [6, 6.07) is -2.04. The third-order valence-corrected chi connectivity index (χ3v) is 2.17. The second kappa shape index (κ2) is 8.72. The maximum absolute atomic E-state index is 11.3. The number of hydrogen-bond acceptors (Lipinski definition) is 4. The number of carboxylic acid groups (broad SMARTS) is 2. The number of carboxylic acids is 2. The van der Waals surface area contributed by atoms with Gasteiger partial charge in [0, 0.05) is 26.4 Å². The van der Waals surface area contributed by atoms with Crippen LogP contribution in [-0.4, -0.2) is 53.7 Å². The summed E-state index contributed by atoms with van der Waals surface area (Å²) in [6.45, 7) is 0.0524. The molecule has 3 amide bonds. The van der Waals surface area contributed by atoms with Gasteiger partial charge in [0.25, 0.3) is 0 Å². The first-order valence-corrected chi connectivity index (χ1v) is 5.56. The standard InChI is InChI=1S/C10H17N3O6/c1-11-7(14)4-5-12-10(19)13-6(9(17)18)2-3-8(15)16/h6H,2-5H2,1H3,(H,11,14)(H,15,16)(H,17,18)(H2,12,13,19). The van der Waals surface area contributed by atoms with Crippen molar-refractivity contribution in [3.8, 4) is 0 Å². The number of carbonyl (C=O) groups is 4. The van der Waals surface area contributed by atoms with Crippen LogP contribution in [0.15, 0.2) is 0 Å². The Morgan fingerprint density at radius 3 is 2.21 bits per heavy atom. The molecule has 0 aromatic rings. The lowest BCUT2D eigenvalue weighted by Crippen LogP contribution is -2.46. The smallest absolute Gasteiger partial charge is 0.326 e. The first-order valence-electron chi connectivity index (χ1n) is 5.56. The average molecular weight is 275 g/mol. The van der Waals surface area contributed by atoms with Gasteiger partial charge >= 0.3 is 18.0 Å². The summed E-state index contributed by atoms with van der Waals surface area (Å²) < 4.78 is 0. The van der Waals surface area contributed by atoms with Gasteiger partial charge in [-0.25, -0.2) is 9.59 Å². The average Bonchev–Trinajstić information content (AvgIpc) is 2.33. The van der Waals surface area contributed by atoms with Crippen molar-refractivity contribution in [3.05, 3.63) is 0 Å². The van der Waals surface area contributed by atoms with E-state index in [1.165, 1.54) is 7.05 Å². The van der Waals surface area contributed by atoms with Gasteiger partial charge < -0.3 is 26.2 Å². The Morgan fingerprint density at radius 2 is 1.74 bits per heavy atom. The molecule has 0 heterocycles. The van der Waals surface area contributed by atoms with Crippen LogP contribution < -0.4 is 16.0 Å². The van der Waals surface area contributed by atoms with Gasteiger partial charge in [-0.15, -0.1) is 0 Å². The molecule has 1 atom stereocenters. The van der Waals surface area contributed by atoms with Crippen molar-refractivity contribution in [2.24, 2.45) is 0 Å². The second-order valence-corrected chi connectivity index (χ2v) is 3.65. The fourth-order valence-electron chi connectivity index (χ4n) is 1.15. The molecule has 9 nitrogen and oxygen atoms in total. The van der Waals surface area contributed by atoms with Crippen LogP contribution in [0, 0.1) is 0 Å². The van der Waals surface area contributed by atoms with Gasteiger partial charge in [-0.1, -0.05) is 0 Å². The number of rotatable bonds is 8. The van der Waals surface area contributed by atoms with Crippen LogP contribution >= 0.6 is 0 Å². The topological polar surface area (TPSA) is 145 Å². The van der Waals surface area contributed by atoms with Gasteiger partial charge in [-0.3, -0.25) is 9.59 Å². The summed E-state index contributed by atoms with van der Waals surface area (Å²) >= 11 is 0. The Kier molecular flexibility index (Phi) is 7.66. The van der Waals surface area contributed by atoms with E-state index in [9.17, 15) is 19.2 Å². The minimum absolute atomic E-state index is 0.0524. The number of urea groups is 1. The van der Waals surface area contributed by atoms with Crippen LogP contribution in [0.4, 0.5) is 4.79 Å². The summed E-state index contributed by atoms with van der Waals surface area (Å²) in [5, 5.41) is 24.0. The van der Waals surface area contributed by atoms with E-state index in [4.69, 9.17) is 10.2 Å². The molecular formula is C10H17N3O6. The largest absolute Gasteiger partial charge is 0.481 e. The molecule has 0 saturated heterocycles. The molecule has 0 aliphatic rings. The molecule has 0 saturated carbocycles. The molecule has 1 unspecified atom stereocenters. The Balaban J connectivity index is 4.06. The third-order valence-electron chi connectivity index (χ3n) is 2.17. The molecule has 0 rings (SSSR count). The van der Waals surface area contributed by atoms with Crippen molar-refractivity contribution >= 4 is 23.9 Å². The molecule has 5 N–H and O–H groups in total. The molecule has 0 spiro atoms. The fourth-order valence-corrected chi connectivity index (χ4v) is 1.15. The van der Waals surface area contributed by atoms with Gasteiger partial charge in [0.05, 0.1) is 0 Å². The van der Waals surface area contributed by atoms with Gasteiger partial charge in [0.1, 0.15) is 6.04 Å². The number of aliphatic carboxylic acids is 2. The zero-order chi connectivity index (χ0) is 14.8. The minimum atomic E-state index is -1.32. The Bertz CT molecular complexity index is 357. The Morgan fingerprint density at radius 1 is 1.11 bits per heavy atom. The van der Waals surface area contributed by atoms with Crippen molar-refractivity contribution < 1.29 is 29.4 Å². The normalized spacial score (nSPS) is 11.2. The van der Waals surface area contributed by atoms with Crippen molar-refractivity contribution in [1.29, 1.82) is 0 Å². The lowest BCUT2D eigenvalue weighted by molar-refractivity contribution is -0.140.